The minimum atomic E-state index is -5.02. The van der Waals surface area contributed by atoms with Crippen molar-refractivity contribution < 1.29 is 35.5 Å². The quantitative estimate of drug-likeness (QED) is 0.399. The number of hydrogen-bond donors (Lipinski definition) is 0. The SMILES string of the molecule is CC(=O)[C@@H](C)c1ccc(Cc2ccc(OC(F)(F)F)cc2S(=O)(=O)c2ccccc2F)cc1. The van der Waals surface area contributed by atoms with E-state index in [1.165, 1.54) is 25.1 Å². The highest BCUT2D eigenvalue weighted by atomic mass is 32.2. The van der Waals surface area contributed by atoms with Crippen molar-refractivity contribution in [3.8, 4) is 5.75 Å². The fourth-order valence-corrected chi connectivity index (χ4v) is 4.86. The summed E-state index contributed by atoms with van der Waals surface area (Å²) in [6.45, 7) is 3.23. The number of benzene rings is 3. The summed E-state index contributed by atoms with van der Waals surface area (Å²) in [6, 6.07) is 14.5. The van der Waals surface area contributed by atoms with Crippen molar-refractivity contribution in [2.24, 2.45) is 0 Å². The molecule has 0 aliphatic rings. The molecule has 1 atom stereocenters. The summed E-state index contributed by atoms with van der Waals surface area (Å²) in [4.78, 5) is 10.4. The minimum absolute atomic E-state index is 0.0127. The lowest BCUT2D eigenvalue weighted by Gasteiger charge is -2.15. The Bertz CT molecular complexity index is 1270. The van der Waals surface area contributed by atoms with Gasteiger partial charge in [0, 0.05) is 5.92 Å². The summed E-state index contributed by atoms with van der Waals surface area (Å²) in [5, 5.41) is 0. The fraction of sp³-hybridized carbons (Fsp3) is 0.208. The van der Waals surface area contributed by atoms with Crippen molar-refractivity contribution in [1.82, 2.24) is 0 Å². The van der Waals surface area contributed by atoms with Crippen LogP contribution in [0, 0.1) is 5.82 Å². The molecule has 0 saturated carbocycles. The third-order valence-electron chi connectivity index (χ3n) is 5.17. The fourth-order valence-electron chi connectivity index (χ4n) is 3.29. The van der Waals surface area contributed by atoms with Gasteiger partial charge in [-0.3, -0.25) is 4.79 Å². The molecule has 3 rings (SSSR count). The molecule has 0 saturated heterocycles. The van der Waals surface area contributed by atoms with Crippen molar-refractivity contribution in [2.45, 2.75) is 42.3 Å². The number of alkyl halides is 3. The summed E-state index contributed by atoms with van der Waals surface area (Å²) >= 11 is 0. The van der Waals surface area contributed by atoms with Gasteiger partial charge in [-0.2, -0.15) is 0 Å². The summed E-state index contributed by atoms with van der Waals surface area (Å²) in [6.07, 6.45) is -4.98. The second-order valence-corrected chi connectivity index (χ2v) is 9.39. The Kier molecular flexibility index (Phi) is 6.92. The van der Waals surface area contributed by atoms with Crippen LogP contribution in [0.2, 0.25) is 0 Å². The summed E-state index contributed by atoms with van der Waals surface area (Å²) < 4.78 is 82.7. The van der Waals surface area contributed by atoms with Crippen molar-refractivity contribution in [1.29, 1.82) is 0 Å². The predicted molar refractivity (Wildman–Crippen MR) is 113 cm³/mol. The maximum Gasteiger partial charge on any atom is 0.573 e. The maximum absolute atomic E-state index is 14.3. The van der Waals surface area contributed by atoms with Crippen molar-refractivity contribution >= 4 is 15.6 Å². The second kappa shape index (κ2) is 9.35. The van der Waals surface area contributed by atoms with E-state index in [-0.39, 0.29) is 23.7 Å². The molecule has 3 aromatic rings. The zero-order valence-corrected chi connectivity index (χ0v) is 18.5. The van der Waals surface area contributed by atoms with Gasteiger partial charge in [0.25, 0.3) is 0 Å². The summed E-state index contributed by atoms with van der Waals surface area (Å²) in [5.74, 6) is -2.07. The molecule has 0 spiro atoms. The molecule has 3 aromatic carbocycles. The molecule has 0 radical (unpaired) electrons. The van der Waals surface area contributed by atoms with Gasteiger partial charge in [-0.15, -0.1) is 13.2 Å². The van der Waals surface area contributed by atoms with Gasteiger partial charge in [-0.05, 0) is 54.3 Å². The number of carbonyl (C=O) groups excluding carboxylic acids is 1. The Balaban J connectivity index is 2.06. The Morgan fingerprint density at radius 2 is 1.61 bits per heavy atom. The topological polar surface area (TPSA) is 60.4 Å². The molecule has 4 nitrogen and oxygen atoms in total. The first-order valence-electron chi connectivity index (χ1n) is 9.86. The van der Waals surface area contributed by atoms with Gasteiger partial charge in [0.1, 0.15) is 22.2 Å². The van der Waals surface area contributed by atoms with E-state index in [1.807, 2.05) is 0 Å². The van der Waals surface area contributed by atoms with Gasteiger partial charge < -0.3 is 4.74 Å². The van der Waals surface area contributed by atoms with E-state index in [0.29, 0.717) is 5.56 Å². The molecular formula is C24H20F4O4S. The molecule has 0 aromatic heterocycles. The average molecular weight is 480 g/mol. The smallest absolute Gasteiger partial charge is 0.406 e. The lowest BCUT2D eigenvalue weighted by atomic mass is 9.95. The van der Waals surface area contributed by atoms with E-state index in [0.717, 1.165) is 29.8 Å². The molecule has 0 amide bonds. The molecule has 0 unspecified atom stereocenters. The minimum Gasteiger partial charge on any atom is -0.406 e. The molecule has 0 fully saturated rings. The first kappa shape index (κ1) is 24.4. The van der Waals surface area contributed by atoms with Gasteiger partial charge in [0.15, 0.2) is 0 Å². The van der Waals surface area contributed by atoms with Gasteiger partial charge >= 0.3 is 6.36 Å². The molecule has 0 aliphatic carbocycles. The summed E-state index contributed by atoms with van der Waals surface area (Å²) in [5.41, 5.74) is 1.60. The van der Waals surface area contributed by atoms with Crippen LogP contribution in [0.15, 0.2) is 76.5 Å². The van der Waals surface area contributed by atoms with E-state index in [4.69, 9.17) is 0 Å². The van der Waals surface area contributed by atoms with Crippen LogP contribution in [0.3, 0.4) is 0 Å². The van der Waals surface area contributed by atoms with Crippen molar-refractivity contribution in [3.63, 3.8) is 0 Å². The molecule has 174 valence electrons. The Hall–Kier alpha value is -3.20. The highest BCUT2D eigenvalue weighted by Gasteiger charge is 2.32. The largest absolute Gasteiger partial charge is 0.573 e. The molecule has 0 N–H and O–H groups in total. The number of ketones is 1. The molecule has 9 heteroatoms. The zero-order chi connectivity index (χ0) is 24.4. The number of halogens is 4. The monoisotopic (exact) mass is 480 g/mol. The van der Waals surface area contributed by atoms with Gasteiger partial charge in [0.05, 0.1) is 4.90 Å². The van der Waals surface area contributed by atoms with Crippen LogP contribution in [0.4, 0.5) is 17.6 Å². The first-order valence-corrected chi connectivity index (χ1v) is 11.3. The number of rotatable bonds is 7. The molecule has 33 heavy (non-hydrogen) atoms. The molecular weight excluding hydrogens is 460 g/mol. The third-order valence-corrected chi connectivity index (χ3v) is 7.04. The van der Waals surface area contributed by atoms with Gasteiger partial charge in [0.2, 0.25) is 9.84 Å². The van der Waals surface area contributed by atoms with Gasteiger partial charge in [-0.25, -0.2) is 12.8 Å². The standard InChI is InChI=1S/C24H20F4O4S/c1-15(16(2)29)18-9-7-17(8-10-18)13-19-11-12-20(32-24(26,27)28)14-23(19)33(30,31)22-6-4-3-5-21(22)25/h3-12,14-15H,13H2,1-2H3/t15-/m1/s1. The Labute approximate surface area is 188 Å². The zero-order valence-electron chi connectivity index (χ0n) is 17.7. The van der Waals surface area contributed by atoms with E-state index in [1.54, 1.807) is 31.2 Å². The van der Waals surface area contributed by atoms with Crippen LogP contribution in [0.25, 0.3) is 0 Å². The van der Waals surface area contributed by atoms with Crippen LogP contribution in [-0.4, -0.2) is 20.6 Å². The normalized spacial score (nSPS) is 12.9. The van der Waals surface area contributed by atoms with Gasteiger partial charge in [-0.1, -0.05) is 49.4 Å². The number of sulfone groups is 1. The third kappa shape index (κ3) is 5.78. The lowest BCUT2D eigenvalue weighted by molar-refractivity contribution is -0.274. The maximum atomic E-state index is 14.3. The highest BCUT2D eigenvalue weighted by Crippen LogP contribution is 2.33. The van der Waals surface area contributed by atoms with E-state index >= 15 is 0 Å². The Morgan fingerprint density at radius 1 is 0.970 bits per heavy atom. The van der Waals surface area contributed by atoms with Crippen molar-refractivity contribution in [2.75, 3.05) is 0 Å². The number of ether oxygens (including phenoxy) is 1. The van der Waals surface area contributed by atoms with Crippen LogP contribution in [0.1, 0.15) is 36.5 Å². The van der Waals surface area contributed by atoms with E-state index in [2.05, 4.69) is 4.74 Å². The van der Waals surface area contributed by atoms with Crippen LogP contribution < -0.4 is 4.74 Å². The number of hydrogen-bond acceptors (Lipinski definition) is 4. The number of Topliss-reactive ketones (excluding diaryl/α,β-unsaturated/α-hetero) is 1. The Morgan fingerprint density at radius 3 is 2.18 bits per heavy atom. The van der Waals surface area contributed by atoms with Crippen LogP contribution in [-0.2, 0) is 21.1 Å². The first-order chi connectivity index (χ1) is 15.4. The second-order valence-electron chi connectivity index (χ2n) is 7.50. The highest BCUT2D eigenvalue weighted by molar-refractivity contribution is 7.91. The molecule has 0 aliphatic heterocycles. The summed E-state index contributed by atoms with van der Waals surface area (Å²) in [7, 11) is -4.50. The lowest BCUT2D eigenvalue weighted by Crippen LogP contribution is -2.18. The molecule has 0 bridgehead atoms. The molecule has 0 heterocycles. The van der Waals surface area contributed by atoms with E-state index in [9.17, 15) is 30.8 Å². The van der Waals surface area contributed by atoms with E-state index < -0.39 is 37.6 Å². The van der Waals surface area contributed by atoms with Crippen LogP contribution >= 0.6 is 0 Å². The average Bonchev–Trinajstić information content (AvgIpc) is 2.74. The van der Waals surface area contributed by atoms with Crippen LogP contribution in [0.5, 0.6) is 5.75 Å². The predicted octanol–water partition coefficient (Wildman–Crippen LogP) is 5.84. The van der Waals surface area contributed by atoms with Crippen molar-refractivity contribution in [3.05, 3.63) is 89.2 Å². The number of carbonyl (C=O) groups is 1.